The molecule has 1 atom stereocenters. The number of carboxylic acids is 1. The fraction of sp³-hybridized carbons (Fsp3) is 0.222. The molecule has 2 N–H and O–H groups in total. The van der Waals surface area contributed by atoms with Crippen molar-refractivity contribution in [2.24, 2.45) is 0 Å². The monoisotopic (exact) mass is 218 g/mol. The maximum Gasteiger partial charge on any atom is 0.310 e. The lowest BCUT2D eigenvalue weighted by Crippen LogP contribution is -2.08. The minimum atomic E-state index is -1.15. The van der Waals surface area contributed by atoms with E-state index in [4.69, 9.17) is 16.7 Å². The number of benzene rings is 1. The highest BCUT2D eigenvalue weighted by atomic mass is 35.5. The van der Waals surface area contributed by atoms with Gasteiger partial charge in [0.1, 0.15) is 11.6 Å². The molecule has 0 aliphatic heterocycles. The van der Waals surface area contributed by atoms with E-state index in [1.165, 1.54) is 6.92 Å². The summed E-state index contributed by atoms with van der Waals surface area (Å²) in [7, 11) is 0. The molecule has 1 aromatic carbocycles. The van der Waals surface area contributed by atoms with E-state index in [9.17, 15) is 14.3 Å². The molecule has 0 aliphatic rings. The van der Waals surface area contributed by atoms with E-state index in [-0.39, 0.29) is 16.3 Å². The Labute approximate surface area is 84.7 Å². The number of carbonyl (C=O) groups is 1. The molecule has 0 bridgehead atoms. The molecule has 0 spiro atoms. The summed E-state index contributed by atoms with van der Waals surface area (Å²) in [4.78, 5) is 10.6. The number of aliphatic carboxylic acids is 1. The molecule has 3 nitrogen and oxygen atoms in total. The summed E-state index contributed by atoms with van der Waals surface area (Å²) >= 11 is 5.48. The van der Waals surface area contributed by atoms with Gasteiger partial charge in [-0.25, -0.2) is 4.39 Å². The van der Waals surface area contributed by atoms with Crippen LogP contribution in [0.5, 0.6) is 5.75 Å². The van der Waals surface area contributed by atoms with Gasteiger partial charge in [-0.1, -0.05) is 11.6 Å². The van der Waals surface area contributed by atoms with Gasteiger partial charge in [0.05, 0.1) is 10.9 Å². The Morgan fingerprint density at radius 3 is 2.64 bits per heavy atom. The van der Waals surface area contributed by atoms with E-state index in [2.05, 4.69) is 0 Å². The van der Waals surface area contributed by atoms with E-state index < -0.39 is 17.7 Å². The maximum atomic E-state index is 12.8. The van der Waals surface area contributed by atoms with Crippen LogP contribution in [0.3, 0.4) is 0 Å². The molecule has 0 radical (unpaired) electrons. The molecule has 14 heavy (non-hydrogen) atoms. The number of hydrogen-bond acceptors (Lipinski definition) is 2. The van der Waals surface area contributed by atoms with E-state index >= 15 is 0 Å². The molecule has 0 heterocycles. The average Bonchev–Trinajstić information content (AvgIpc) is 2.09. The second-order valence-corrected chi connectivity index (χ2v) is 3.29. The maximum absolute atomic E-state index is 12.8. The Bertz CT molecular complexity index is 379. The molecule has 0 saturated heterocycles. The summed E-state index contributed by atoms with van der Waals surface area (Å²) in [6.07, 6.45) is 0. The van der Waals surface area contributed by atoms with Gasteiger partial charge in [0.15, 0.2) is 0 Å². The van der Waals surface area contributed by atoms with E-state index in [0.717, 1.165) is 12.1 Å². The van der Waals surface area contributed by atoms with Crippen LogP contribution < -0.4 is 0 Å². The van der Waals surface area contributed by atoms with Gasteiger partial charge in [-0.05, 0) is 19.1 Å². The minimum absolute atomic E-state index is 0.0255. The molecule has 0 aromatic heterocycles. The number of halogens is 2. The van der Waals surface area contributed by atoms with Crippen LogP contribution in [0.25, 0.3) is 0 Å². The average molecular weight is 219 g/mol. The van der Waals surface area contributed by atoms with Gasteiger partial charge in [0.25, 0.3) is 0 Å². The normalized spacial score (nSPS) is 12.5. The van der Waals surface area contributed by atoms with Crippen molar-refractivity contribution < 1.29 is 19.4 Å². The van der Waals surface area contributed by atoms with Gasteiger partial charge in [0, 0.05) is 5.56 Å². The van der Waals surface area contributed by atoms with Crippen LogP contribution in [0.2, 0.25) is 5.02 Å². The zero-order valence-corrected chi connectivity index (χ0v) is 8.05. The third kappa shape index (κ3) is 1.96. The van der Waals surface area contributed by atoms with Crippen LogP contribution in [0.1, 0.15) is 18.4 Å². The lowest BCUT2D eigenvalue weighted by Gasteiger charge is -2.10. The fourth-order valence-corrected chi connectivity index (χ4v) is 1.26. The largest absolute Gasteiger partial charge is 0.506 e. The van der Waals surface area contributed by atoms with Crippen molar-refractivity contribution in [3.8, 4) is 5.75 Å². The molecular weight excluding hydrogens is 211 g/mol. The predicted molar refractivity (Wildman–Crippen MR) is 49.1 cm³/mol. The van der Waals surface area contributed by atoms with Gasteiger partial charge in [-0.3, -0.25) is 4.79 Å². The second kappa shape index (κ2) is 3.84. The minimum Gasteiger partial charge on any atom is -0.506 e. The molecule has 0 fully saturated rings. The number of carboxylic acid groups (broad SMARTS) is 1. The van der Waals surface area contributed by atoms with Gasteiger partial charge in [-0.2, -0.15) is 0 Å². The van der Waals surface area contributed by atoms with E-state index in [1.54, 1.807) is 0 Å². The summed E-state index contributed by atoms with van der Waals surface area (Å²) in [6.45, 7) is 1.34. The lowest BCUT2D eigenvalue weighted by atomic mass is 10.0. The van der Waals surface area contributed by atoms with Crippen molar-refractivity contribution in [3.63, 3.8) is 0 Å². The SMILES string of the molecule is CC(C(=O)O)c1cc(F)cc(Cl)c1O. The third-order valence-electron chi connectivity index (χ3n) is 1.89. The summed E-state index contributed by atoms with van der Waals surface area (Å²) in [5.41, 5.74) is -0.0255. The van der Waals surface area contributed by atoms with Gasteiger partial charge < -0.3 is 10.2 Å². The Morgan fingerprint density at radius 1 is 1.57 bits per heavy atom. The van der Waals surface area contributed by atoms with Crippen molar-refractivity contribution in [1.29, 1.82) is 0 Å². The lowest BCUT2D eigenvalue weighted by molar-refractivity contribution is -0.138. The van der Waals surface area contributed by atoms with Crippen molar-refractivity contribution in [1.82, 2.24) is 0 Å². The van der Waals surface area contributed by atoms with Crippen molar-refractivity contribution in [2.45, 2.75) is 12.8 Å². The molecule has 1 unspecified atom stereocenters. The van der Waals surface area contributed by atoms with Crippen LogP contribution in [0.15, 0.2) is 12.1 Å². The fourth-order valence-electron chi connectivity index (χ4n) is 1.05. The molecule has 1 aromatic rings. The van der Waals surface area contributed by atoms with Gasteiger partial charge >= 0.3 is 5.97 Å². The number of phenols is 1. The summed E-state index contributed by atoms with van der Waals surface area (Å²) < 4.78 is 12.8. The summed E-state index contributed by atoms with van der Waals surface area (Å²) in [5, 5.41) is 17.9. The van der Waals surface area contributed by atoms with Gasteiger partial charge in [0.2, 0.25) is 0 Å². The molecular formula is C9H8ClFO3. The first-order chi connectivity index (χ1) is 6.43. The van der Waals surface area contributed by atoms with Crippen molar-refractivity contribution in [2.75, 3.05) is 0 Å². The van der Waals surface area contributed by atoms with Crippen molar-refractivity contribution >= 4 is 17.6 Å². The number of rotatable bonds is 2. The molecule has 5 heteroatoms. The van der Waals surface area contributed by atoms with Crippen LogP contribution in [-0.2, 0) is 4.79 Å². The summed E-state index contributed by atoms with van der Waals surface area (Å²) in [6, 6.07) is 1.88. The zero-order chi connectivity index (χ0) is 10.9. The molecule has 76 valence electrons. The molecule has 1 rings (SSSR count). The van der Waals surface area contributed by atoms with Gasteiger partial charge in [-0.15, -0.1) is 0 Å². The van der Waals surface area contributed by atoms with Crippen molar-refractivity contribution in [3.05, 3.63) is 28.5 Å². The molecule has 0 saturated carbocycles. The molecule has 0 amide bonds. The van der Waals surface area contributed by atoms with Crippen LogP contribution >= 0.6 is 11.6 Å². The summed E-state index contributed by atoms with van der Waals surface area (Å²) in [5.74, 6) is -3.20. The Hall–Kier alpha value is -1.29. The predicted octanol–water partition coefficient (Wildman–Crippen LogP) is 2.37. The highest BCUT2D eigenvalue weighted by molar-refractivity contribution is 6.32. The quantitative estimate of drug-likeness (QED) is 0.801. The zero-order valence-electron chi connectivity index (χ0n) is 7.29. The van der Waals surface area contributed by atoms with Crippen LogP contribution in [-0.4, -0.2) is 16.2 Å². The highest BCUT2D eigenvalue weighted by Gasteiger charge is 2.20. The highest BCUT2D eigenvalue weighted by Crippen LogP contribution is 2.33. The Kier molecular flexibility index (Phi) is 2.96. The topological polar surface area (TPSA) is 57.5 Å². The standard InChI is InChI=1S/C9H8ClFO3/c1-4(9(13)14)6-2-5(11)3-7(10)8(6)12/h2-4,12H,1H3,(H,13,14). The molecule has 0 aliphatic carbocycles. The Balaban J connectivity index is 3.26. The second-order valence-electron chi connectivity index (χ2n) is 2.89. The Morgan fingerprint density at radius 2 is 2.14 bits per heavy atom. The number of phenolic OH excluding ortho intramolecular Hbond substituents is 1. The number of aromatic hydroxyl groups is 1. The number of hydrogen-bond donors (Lipinski definition) is 2. The first-order valence-electron chi connectivity index (χ1n) is 3.84. The third-order valence-corrected chi connectivity index (χ3v) is 2.18. The van der Waals surface area contributed by atoms with Crippen LogP contribution in [0.4, 0.5) is 4.39 Å². The van der Waals surface area contributed by atoms with E-state index in [1.807, 2.05) is 0 Å². The first kappa shape index (κ1) is 10.8. The van der Waals surface area contributed by atoms with Crippen LogP contribution in [0, 0.1) is 5.82 Å². The van der Waals surface area contributed by atoms with E-state index in [0.29, 0.717) is 0 Å². The smallest absolute Gasteiger partial charge is 0.310 e. The first-order valence-corrected chi connectivity index (χ1v) is 4.22.